The Morgan fingerprint density at radius 2 is 1.90 bits per heavy atom. The number of esters is 1. The molecule has 0 aromatic heterocycles. The molecule has 110 valence electrons. The lowest BCUT2D eigenvalue weighted by molar-refractivity contribution is -0.757. The summed E-state index contributed by atoms with van der Waals surface area (Å²) in [6, 6.07) is 4.97. The van der Waals surface area contributed by atoms with E-state index in [1.54, 1.807) is 0 Å². The van der Waals surface area contributed by atoms with E-state index in [2.05, 4.69) is 4.84 Å². The number of nitrogens with two attached hydrogens (primary N) is 1. The van der Waals surface area contributed by atoms with Gasteiger partial charge in [0.1, 0.15) is 5.75 Å². The minimum Gasteiger partial charge on any atom is -0.427 e. The van der Waals surface area contributed by atoms with E-state index in [-0.39, 0.29) is 30.1 Å². The van der Waals surface area contributed by atoms with Crippen LogP contribution in [0.2, 0.25) is 0 Å². The number of ether oxygens (including phenoxy) is 1. The standard InChI is InChI=1S/C10H12N2O7S/c11-20(16,17)9-5-3-8(4-6-9)19-10(13)2-1-7-18-12(14)15/h3-6H,1-2,7H2,(H2,11,16,17). The molecule has 20 heavy (non-hydrogen) atoms. The third-order valence-electron chi connectivity index (χ3n) is 2.11. The molecule has 0 aliphatic rings. The zero-order valence-corrected chi connectivity index (χ0v) is 11.0. The highest BCUT2D eigenvalue weighted by Gasteiger charge is 2.09. The van der Waals surface area contributed by atoms with Crippen LogP contribution in [0.3, 0.4) is 0 Å². The van der Waals surface area contributed by atoms with Gasteiger partial charge in [0.2, 0.25) is 10.0 Å². The van der Waals surface area contributed by atoms with Crippen LogP contribution in [-0.4, -0.2) is 26.1 Å². The van der Waals surface area contributed by atoms with Crippen LogP contribution in [0.25, 0.3) is 0 Å². The van der Waals surface area contributed by atoms with Crippen LogP contribution < -0.4 is 9.88 Å². The van der Waals surface area contributed by atoms with Crippen LogP contribution in [0.4, 0.5) is 0 Å². The zero-order chi connectivity index (χ0) is 15.2. The van der Waals surface area contributed by atoms with Crippen molar-refractivity contribution in [2.75, 3.05) is 6.61 Å². The Kier molecular flexibility index (Phi) is 5.41. The van der Waals surface area contributed by atoms with E-state index in [1.165, 1.54) is 24.3 Å². The fraction of sp³-hybridized carbons (Fsp3) is 0.300. The second kappa shape index (κ2) is 6.82. The fourth-order valence-electron chi connectivity index (χ4n) is 1.24. The summed E-state index contributed by atoms with van der Waals surface area (Å²) in [7, 11) is -3.79. The van der Waals surface area contributed by atoms with Gasteiger partial charge in [0, 0.05) is 6.42 Å². The molecule has 0 unspecified atom stereocenters. The van der Waals surface area contributed by atoms with E-state index in [0.29, 0.717) is 0 Å². The van der Waals surface area contributed by atoms with Gasteiger partial charge in [-0.1, -0.05) is 0 Å². The van der Waals surface area contributed by atoms with Gasteiger partial charge in [-0.25, -0.2) is 13.6 Å². The monoisotopic (exact) mass is 304 g/mol. The first kappa shape index (κ1) is 15.9. The lowest BCUT2D eigenvalue weighted by Crippen LogP contribution is -2.12. The van der Waals surface area contributed by atoms with Gasteiger partial charge in [-0.2, -0.15) is 0 Å². The van der Waals surface area contributed by atoms with Crippen molar-refractivity contribution < 1.29 is 27.9 Å². The Morgan fingerprint density at radius 1 is 1.30 bits per heavy atom. The lowest BCUT2D eigenvalue weighted by Gasteiger charge is -2.04. The quantitative estimate of drug-likeness (QED) is 0.250. The van der Waals surface area contributed by atoms with Gasteiger partial charge in [0.25, 0.3) is 5.09 Å². The number of carbonyl (C=O) groups is 1. The third-order valence-corrected chi connectivity index (χ3v) is 3.04. The highest BCUT2D eigenvalue weighted by Crippen LogP contribution is 2.15. The Morgan fingerprint density at radius 3 is 2.40 bits per heavy atom. The van der Waals surface area contributed by atoms with Gasteiger partial charge in [-0.05, 0) is 30.7 Å². The summed E-state index contributed by atoms with van der Waals surface area (Å²) >= 11 is 0. The summed E-state index contributed by atoms with van der Waals surface area (Å²) in [5, 5.41) is 13.8. The van der Waals surface area contributed by atoms with Gasteiger partial charge in [-0.15, -0.1) is 10.1 Å². The minimum atomic E-state index is -3.79. The summed E-state index contributed by atoms with van der Waals surface area (Å²) in [5.74, 6) is -0.460. The Labute approximate surface area is 114 Å². The van der Waals surface area contributed by atoms with Crippen LogP contribution in [0, 0.1) is 10.1 Å². The molecule has 0 saturated carbocycles. The van der Waals surface area contributed by atoms with Crippen LogP contribution in [0.5, 0.6) is 5.75 Å². The topological polar surface area (TPSA) is 139 Å². The predicted molar refractivity (Wildman–Crippen MR) is 65.6 cm³/mol. The lowest BCUT2D eigenvalue weighted by atomic mass is 10.3. The number of nitrogens with zero attached hydrogens (tertiary/aromatic N) is 1. The maximum atomic E-state index is 11.3. The predicted octanol–water partition coefficient (Wildman–Crippen LogP) is 0.228. The van der Waals surface area contributed by atoms with E-state index < -0.39 is 21.1 Å². The molecule has 1 aromatic rings. The number of sulfonamides is 1. The molecule has 0 amide bonds. The molecule has 1 rings (SSSR count). The van der Waals surface area contributed by atoms with Crippen LogP contribution in [0.1, 0.15) is 12.8 Å². The minimum absolute atomic E-state index is 0.0647. The van der Waals surface area contributed by atoms with Crippen molar-refractivity contribution in [1.82, 2.24) is 0 Å². The molecule has 0 aliphatic carbocycles. The Hall–Kier alpha value is -2.20. The Balaban J connectivity index is 2.44. The van der Waals surface area contributed by atoms with Crippen LogP contribution >= 0.6 is 0 Å². The molecular formula is C10H12N2O7S. The maximum Gasteiger partial charge on any atom is 0.311 e. The number of hydrogen-bond acceptors (Lipinski definition) is 7. The van der Waals surface area contributed by atoms with Gasteiger partial charge in [0.15, 0.2) is 0 Å². The van der Waals surface area contributed by atoms with Gasteiger partial charge in [0.05, 0.1) is 11.5 Å². The molecule has 0 aliphatic heterocycles. The smallest absolute Gasteiger partial charge is 0.311 e. The largest absolute Gasteiger partial charge is 0.427 e. The van der Waals surface area contributed by atoms with Crippen LogP contribution in [-0.2, 0) is 19.7 Å². The summed E-state index contributed by atoms with van der Waals surface area (Å²) in [6.07, 6.45) is 0.0693. The van der Waals surface area contributed by atoms with E-state index >= 15 is 0 Å². The molecule has 0 spiro atoms. The molecule has 0 radical (unpaired) electrons. The normalized spacial score (nSPS) is 10.8. The van der Waals surface area contributed by atoms with Gasteiger partial charge < -0.3 is 9.57 Å². The van der Waals surface area contributed by atoms with E-state index in [0.717, 1.165) is 0 Å². The van der Waals surface area contributed by atoms with E-state index in [9.17, 15) is 23.3 Å². The molecule has 2 N–H and O–H groups in total. The summed E-state index contributed by atoms with van der Waals surface area (Å²) in [4.78, 5) is 25.1. The SMILES string of the molecule is NS(=O)(=O)c1ccc(OC(=O)CCCO[N+](=O)[O-])cc1. The number of hydrogen-bond donors (Lipinski definition) is 1. The van der Waals surface area contributed by atoms with Crippen molar-refractivity contribution in [3.63, 3.8) is 0 Å². The van der Waals surface area contributed by atoms with Gasteiger partial charge in [-0.3, -0.25) is 4.79 Å². The van der Waals surface area contributed by atoms with Crippen molar-refractivity contribution in [3.8, 4) is 5.75 Å². The number of benzene rings is 1. The molecule has 0 heterocycles. The molecule has 10 heteroatoms. The zero-order valence-electron chi connectivity index (χ0n) is 10.2. The maximum absolute atomic E-state index is 11.3. The molecule has 1 aromatic carbocycles. The summed E-state index contributed by atoms with van der Waals surface area (Å²) in [6.45, 7) is -0.202. The molecule has 0 bridgehead atoms. The van der Waals surface area contributed by atoms with Crippen molar-refractivity contribution in [2.45, 2.75) is 17.7 Å². The molecule has 9 nitrogen and oxygen atoms in total. The van der Waals surface area contributed by atoms with Crippen LogP contribution in [0.15, 0.2) is 29.2 Å². The van der Waals surface area contributed by atoms with E-state index in [1.807, 2.05) is 0 Å². The van der Waals surface area contributed by atoms with Crippen molar-refractivity contribution in [3.05, 3.63) is 34.4 Å². The highest BCUT2D eigenvalue weighted by molar-refractivity contribution is 7.89. The van der Waals surface area contributed by atoms with E-state index in [4.69, 9.17) is 9.88 Å². The van der Waals surface area contributed by atoms with Crippen molar-refractivity contribution >= 4 is 16.0 Å². The summed E-state index contributed by atoms with van der Waals surface area (Å²) < 4.78 is 26.9. The first-order chi connectivity index (χ1) is 9.29. The van der Waals surface area contributed by atoms with Crippen molar-refractivity contribution in [2.24, 2.45) is 5.14 Å². The average molecular weight is 304 g/mol. The fourth-order valence-corrected chi connectivity index (χ4v) is 1.75. The molecular weight excluding hydrogens is 292 g/mol. The summed E-state index contributed by atoms with van der Waals surface area (Å²) in [5.41, 5.74) is 0. The highest BCUT2D eigenvalue weighted by atomic mass is 32.2. The molecule has 0 fully saturated rings. The molecule has 0 atom stereocenters. The van der Waals surface area contributed by atoms with Crippen molar-refractivity contribution in [1.29, 1.82) is 0 Å². The number of rotatable bonds is 7. The Bertz CT molecular complexity index is 582. The first-order valence-electron chi connectivity index (χ1n) is 5.40. The number of carbonyl (C=O) groups excluding carboxylic acids is 1. The molecule has 0 saturated heterocycles. The van der Waals surface area contributed by atoms with Gasteiger partial charge >= 0.3 is 5.97 Å². The average Bonchev–Trinajstić information content (AvgIpc) is 2.34. The second-order valence-corrected chi connectivity index (χ2v) is 5.21. The third kappa shape index (κ3) is 5.63. The number of primary sulfonamides is 1. The second-order valence-electron chi connectivity index (χ2n) is 3.65. The first-order valence-corrected chi connectivity index (χ1v) is 6.94.